The molecule has 2 atom stereocenters. The summed E-state index contributed by atoms with van der Waals surface area (Å²) < 4.78 is 6.23. The van der Waals surface area contributed by atoms with Gasteiger partial charge < -0.3 is 10.5 Å². The van der Waals surface area contributed by atoms with E-state index >= 15 is 0 Å². The number of nitrogens with two attached hydrogens (primary N) is 1. The molecule has 2 unspecified atom stereocenters. The molecule has 3 nitrogen and oxygen atoms in total. The van der Waals surface area contributed by atoms with Crippen molar-refractivity contribution in [3.05, 3.63) is 29.3 Å². The third-order valence-corrected chi connectivity index (χ3v) is 4.63. The minimum atomic E-state index is -0.106. The first kappa shape index (κ1) is 16.3. The lowest BCUT2D eigenvalue weighted by atomic mass is 9.96. The zero-order chi connectivity index (χ0) is 15.6. The minimum Gasteiger partial charge on any atom is -0.487 e. The van der Waals surface area contributed by atoms with Gasteiger partial charge in [0.15, 0.2) is 0 Å². The van der Waals surface area contributed by atoms with Gasteiger partial charge in [0, 0.05) is 24.6 Å². The van der Waals surface area contributed by atoms with Crippen molar-refractivity contribution >= 4 is 0 Å². The van der Waals surface area contributed by atoms with Crippen LogP contribution in [0.5, 0.6) is 5.75 Å². The zero-order valence-corrected chi connectivity index (χ0v) is 14.1. The molecule has 0 amide bonds. The lowest BCUT2D eigenvalue weighted by Gasteiger charge is -2.35. The van der Waals surface area contributed by atoms with Gasteiger partial charge in [0.1, 0.15) is 11.4 Å². The summed E-state index contributed by atoms with van der Waals surface area (Å²) >= 11 is 0. The molecule has 2 rings (SSSR count). The molecule has 0 fully saturated rings. The van der Waals surface area contributed by atoms with E-state index in [0.29, 0.717) is 12.6 Å². The average molecular weight is 290 g/mol. The van der Waals surface area contributed by atoms with Gasteiger partial charge in [-0.05, 0) is 39.3 Å². The van der Waals surface area contributed by atoms with Crippen LogP contribution in [0.15, 0.2) is 18.2 Å². The van der Waals surface area contributed by atoms with Crippen molar-refractivity contribution in [1.82, 2.24) is 4.90 Å². The molecule has 0 saturated heterocycles. The molecule has 0 spiro atoms. The van der Waals surface area contributed by atoms with E-state index in [4.69, 9.17) is 10.5 Å². The Bertz CT molecular complexity index is 484. The van der Waals surface area contributed by atoms with E-state index in [1.807, 2.05) is 0 Å². The van der Waals surface area contributed by atoms with Crippen LogP contribution in [0.2, 0.25) is 0 Å². The molecule has 0 aromatic heterocycles. The quantitative estimate of drug-likeness (QED) is 0.871. The largest absolute Gasteiger partial charge is 0.487 e. The van der Waals surface area contributed by atoms with Crippen LogP contribution in [-0.4, -0.2) is 29.6 Å². The SMILES string of the molecule is CCC(C)N(CC)C(CN)c1cccc2c1OC(C)(C)C2. The van der Waals surface area contributed by atoms with Gasteiger partial charge in [-0.2, -0.15) is 0 Å². The number of nitrogens with zero attached hydrogens (tertiary/aromatic N) is 1. The van der Waals surface area contributed by atoms with Crippen LogP contribution in [0.25, 0.3) is 0 Å². The number of benzene rings is 1. The van der Waals surface area contributed by atoms with E-state index in [2.05, 4.69) is 57.7 Å². The highest BCUT2D eigenvalue weighted by Gasteiger charge is 2.34. The topological polar surface area (TPSA) is 38.5 Å². The second-order valence-electron chi connectivity index (χ2n) is 6.71. The second-order valence-corrected chi connectivity index (χ2v) is 6.71. The normalized spacial score (nSPS) is 19.2. The molecule has 118 valence electrons. The van der Waals surface area contributed by atoms with Gasteiger partial charge in [-0.25, -0.2) is 0 Å². The van der Waals surface area contributed by atoms with Crippen LogP contribution in [0.1, 0.15) is 58.2 Å². The fourth-order valence-electron chi connectivity index (χ4n) is 3.42. The third kappa shape index (κ3) is 3.24. The summed E-state index contributed by atoms with van der Waals surface area (Å²) in [5.41, 5.74) is 8.60. The van der Waals surface area contributed by atoms with E-state index in [1.54, 1.807) is 0 Å². The monoisotopic (exact) mass is 290 g/mol. The van der Waals surface area contributed by atoms with Crippen LogP contribution < -0.4 is 10.5 Å². The van der Waals surface area contributed by atoms with Crippen molar-refractivity contribution in [2.24, 2.45) is 5.73 Å². The molecule has 1 heterocycles. The molecule has 2 N–H and O–H groups in total. The highest BCUT2D eigenvalue weighted by atomic mass is 16.5. The summed E-state index contributed by atoms with van der Waals surface area (Å²) in [4.78, 5) is 2.49. The second kappa shape index (κ2) is 6.37. The Balaban J connectivity index is 2.39. The lowest BCUT2D eigenvalue weighted by Crippen LogP contribution is -2.40. The first-order valence-corrected chi connectivity index (χ1v) is 8.20. The molecule has 0 bridgehead atoms. The highest BCUT2D eigenvalue weighted by Crippen LogP contribution is 2.41. The number of hydrogen-bond acceptors (Lipinski definition) is 3. The molecule has 1 aliphatic heterocycles. The van der Waals surface area contributed by atoms with E-state index in [1.165, 1.54) is 11.1 Å². The van der Waals surface area contributed by atoms with Crippen molar-refractivity contribution in [3.8, 4) is 5.75 Å². The smallest absolute Gasteiger partial charge is 0.128 e. The number of likely N-dealkylation sites (N-methyl/N-ethyl adjacent to an activating group) is 1. The molecular weight excluding hydrogens is 260 g/mol. The van der Waals surface area contributed by atoms with E-state index in [9.17, 15) is 0 Å². The summed E-state index contributed by atoms with van der Waals surface area (Å²) in [7, 11) is 0. The average Bonchev–Trinajstić information content (AvgIpc) is 2.77. The van der Waals surface area contributed by atoms with Crippen LogP contribution in [0, 0.1) is 0 Å². The Hall–Kier alpha value is -1.06. The fourth-order valence-corrected chi connectivity index (χ4v) is 3.42. The van der Waals surface area contributed by atoms with Gasteiger partial charge in [0.25, 0.3) is 0 Å². The summed E-state index contributed by atoms with van der Waals surface area (Å²) in [6.45, 7) is 12.7. The van der Waals surface area contributed by atoms with Gasteiger partial charge in [0.2, 0.25) is 0 Å². The van der Waals surface area contributed by atoms with Gasteiger partial charge in [0.05, 0.1) is 6.04 Å². The Labute approximate surface area is 129 Å². The van der Waals surface area contributed by atoms with Crippen molar-refractivity contribution in [3.63, 3.8) is 0 Å². The van der Waals surface area contributed by atoms with Gasteiger partial charge in [-0.15, -0.1) is 0 Å². The predicted octanol–water partition coefficient (Wildman–Crippen LogP) is 3.52. The number of fused-ring (bicyclic) bond motifs is 1. The Kier molecular flexibility index (Phi) is 4.95. The van der Waals surface area contributed by atoms with Crippen LogP contribution in [0.3, 0.4) is 0 Å². The summed E-state index contributed by atoms with van der Waals surface area (Å²) in [6, 6.07) is 7.26. The predicted molar refractivity (Wildman–Crippen MR) is 88.8 cm³/mol. The molecular formula is C18H30N2O. The van der Waals surface area contributed by atoms with Crippen LogP contribution in [0.4, 0.5) is 0 Å². The maximum absolute atomic E-state index is 6.23. The molecule has 0 radical (unpaired) electrons. The Morgan fingerprint density at radius 2 is 2.05 bits per heavy atom. The lowest BCUT2D eigenvalue weighted by molar-refractivity contribution is 0.123. The molecule has 3 heteroatoms. The molecule has 1 aliphatic rings. The van der Waals surface area contributed by atoms with E-state index in [-0.39, 0.29) is 11.6 Å². The van der Waals surface area contributed by atoms with Crippen molar-refractivity contribution in [2.45, 2.75) is 65.1 Å². The van der Waals surface area contributed by atoms with Crippen molar-refractivity contribution < 1.29 is 4.74 Å². The van der Waals surface area contributed by atoms with Crippen molar-refractivity contribution in [2.75, 3.05) is 13.1 Å². The van der Waals surface area contributed by atoms with E-state index < -0.39 is 0 Å². The fraction of sp³-hybridized carbons (Fsp3) is 0.667. The summed E-state index contributed by atoms with van der Waals surface area (Å²) in [6.07, 6.45) is 2.11. The Morgan fingerprint density at radius 3 is 2.62 bits per heavy atom. The number of para-hydroxylation sites is 1. The minimum absolute atomic E-state index is 0.106. The molecule has 21 heavy (non-hydrogen) atoms. The number of rotatable bonds is 6. The van der Waals surface area contributed by atoms with Crippen LogP contribution in [-0.2, 0) is 6.42 Å². The highest BCUT2D eigenvalue weighted by molar-refractivity contribution is 5.47. The maximum atomic E-state index is 6.23. The molecule has 1 aromatic rings. The van der Waals surface area contributed by atoms with Crippen LogP contribution >= 0.6 is 0 Å². The summed E-state index contributed by atoms with van der Waals surface area (Å²) in [5, 5.41) is 0. The Morgan fingerprint density at radius 1 is 1.33 bits per heavy atom. The number of hydrogen-bond donors (Lipinski definition) is 1. The van der Waals surface area contributed by atoms with E-state index in [0.717, 1.165) is 25.1 Å². The summed E-state index contributed by atoms with van der Waals surface area (Å²) in [5.74, 6) is 1.07. The maximum Gasteiger partial charge on any atom is 0.128 e. The zero-order valence-electron chi connectivity index (χ0n) is 14.1. The first-order valence-electron chi connectivity index (χ1n) is 8.20. The van der Waals surface area contributed by atoms with Gasteiger partial charge >= 0.3 is 0 Å². The molecule has 0 saturated carbocycles. The van der Waals surface area contributed by atoms with Crippen molar-refractivity contribution in [1.29, 1.82) is 0 Å². The third-order valence-electron chi connectivity index (χ3n) is 4.63. The van der Waals surface area contributed by atoms with Gasteiger partial charge in [-0.3, -0.25) is 4.90 Å². The van der Waals surface area contributed by atoms with Gasteiger partial charge in [-0.1, -0.05) is 32.0 Å². The molecule has 1 aromatic carbocycles. The standard InChI is InChI=1S/C18H30N2O/c1-6-13(3)20(7-2)16(12-19)15-10-8-9-14-11-18(4,5)21-17(14)15/h8-10,13,16H,6-7,11-12,19H2,1-5H3. The number of ether oxygens (including phenoxy) is 1. The first-order chi connectivity index (χ1) is 9.93. The molecule has 0 aliphatic carbocycles.